The van der Waals surface area contributed by atoms with Crippen LogP contribution >= 0.6 is 0 Å². The second kappa shape index (κ2) is 3.35. The van der Waals surface area contributed by atoms with Crippen LogP contribution in [0.3, 0.4) is 0 Å². The van der Waals surface area contributed by atoms with Crippen molar-refractivity contribution in [3.8, 4) is 0 Å². The van der Waals surface area contributed by atoms with Gasteiger partial charge in [-0.15, -0.1) is 0 Å². The third-order valence-electron chi connectivity index (χ3n) is 2.57. The highest BCUT2D eigenvalue weighted by Crippen LogP contribution is 2.28. The van der Waals surface area contributed by atoms with Crippen LogP contribution in [0.4, 0.5) is 0 Å². The van der Waals surface area contributed by atoms with Gasteiger partial charge >= 0.3 is 0 Å². The van der Waals surface area contributed by atoms with E-state index in [-0.39, 0.29) is 6.10 Å². The molecule has 0 bridgehead atoms. The van der Waals surface area contributed by atoms with E-state index in [4.69, 9.17) is 0 Å². The summed E-state index contributed by atoms with van der Waals surface area (Å²) in [5.74, 6) is 0.413. The highest BCUT2D eigenvalue weighted by molar-refractivity contribution is 5.29. The molecular weight excluding hydrogens is 160 g/mol. The van der Waals surface area contributed by atoms with E-state index in [0.717, 1.165) is 6.42 Å². The van der Waals surface area contributed by atoms with Gasteiger partial charge in [-0.05, 0) is 18.9 Å². The molecule has 0 radical (unpaired) electrons. The zero-order chi connectivity index (χ0) is 9.26. The number of hydrogen-bond donors (Lipinski definition) is 1. The van der Waals surface area contributed by atoms with Crippen LogP contribution < -0.4 is 0 Å². The molecule has 0 amide bonds. The van der Waals surface area contributed by atoms with Crippen LogP contribution in [-0.4, -0.2) is 11.2 Å². The molecule has 0 saturated carbocycles. The van der Waals surface area contributed by atoms with Gasteiger partial charge in [0.05, 0.1) is 6.10 Å². The molecule has 1 aliphatic rings. The van der Waals surface area contributed by atoms with Crippen molar-refractivity contribution in [2.75, 3.05) is 0 Å². The van der Waals surface area contributed by atoms with Gasteiger partial charge in [-0.3, -0.25) is 0 Å². The fourth-order valence-electron chi connectivity index (χ4n) is 1.74. The van der Waals surface area contributed by atoms with E-state index in [9.17, 15) is 5.11 Å². The zero-order valence-corrected chi connectivity index (χ0v) is 7.77. The van der Waals surface area contributed by atoms with E-state index >= 15 is 0 Å². The average Bonchev–Trinajstić information content (AvgIpc) is 2.53. The quantitative estimate of drug-likeness (QED) is 0.648. The van der Waals surface area contributed by atoms with E-state index in [1.807, 2.05) is 6.08 Å². The molecule has 2 rings (SSSR count). The molecule has 1 aromatic carbocycles. The first-order valence-corrected chi connectivity index (χ1v) is 4.68. The summed E-state index contributed by atoms with van der Waals surface area (Å²) < 4.78 is 0. The molecule has 0 saturated heterocycles. The zero-order valence-electron chi connectivity index (χ0n) is 7.77. The lowest BCUT2D eigenvalue weighted by atomic mass is 9.97. The summed E-state index contributed by atoms with van der Waals surface area (Å²) in [6.45, 7) is 2.09. The minimum atomic E-state index is -0.244. The van der Waals surface area contributed by atoms with Crippen LogP contribution in [0.25, 0.3) is 0 Å². The highest BCUT2D eigenvalue weighted by Gasteiger charge is 2.17. The molecule has 0 aromatic heterocycles. The van der Waals surface area contributed by atoms with Crippen molar-refractivity contribution in [3.63, 3.8) is 0 Å². The Morgan fingerprint density at radius 2 is 1.85 bits per heavy atom. The Bertz CT molecular complexity index is 310. The molecule has 1 aliphatic carbocycles. The minimum absolute atomic E-state index is 0.244. The first-order chi connectivity index (χ1) is 6.25. The summed E-state index contributed by atoms with van der Waals surface area (Å²) >= 11 is 0. The van der Waals surface area contributed by atoms with Gasteiger partial charge in [-0.25, -0.2) is 0 Å². The topological polar surface area (TPSA) is 20.2 Å². The summed E-state index contributed by atoms with van der Waals surface area (Å²) in [6, 6.07) is 8.52. The lowest BCUT2D eigenvalue weighted by molar-refractivity contribution is 0.218. The summed E-state index contributed by atoms with van der Waals surface area (Å²) in [5.41, 5.74) is 2.59. The molecular formula is C12H14O. The van der Waals surface area contributed by atoms with Crippen LogP contribution in [0, 0.1) is 6.92 Å². The molecule has 0 aliphatic heterocycles. The third-order valence-corrected chi connectivity index (χ3v) is 2.57. The molecule has 1 nitrogen and oxygen atoms in total. The average molecular weight is 174 g/mol. The second-order valence-electron chi connectivity index (χ2n) is 3.71. The van der Waals surface area contributed by atoms with Gasteiger partial charge in [0.15, 0.2) is 0 Å². The highest BCUT2D eigenvalue weighted by atomic mass is 16.3. The smallest absolute Gasteiger partial charge is 0.0729 e. The van der Waals surface area contributed by atoms with E-state index in [1.165, 1.54) is 11.1 Å². The Labute approximate surface area is 78.7 Å². The Balaban J connectivity index is 2.18. The number of aliphatic hydroxyl groups is 1. The first-order valence-electron chi connectivity index (χ1n) is 4.68. The van der Waals surface area contributed by atoms with Gasteiger partial charge in [-0.1, -0.05) is 42.0 Å². The van der Waals surface area contributed by atoms with Gasteiger partial charge < -0.3 is 5.11 Å². The van der Waals surface area contributed by atoms with Crippen molar-refractivity contribution < 1.29 is 5.11 Å². The van der Waals surface area contributed by atoms with Gasteiger partial charge in [0.1, 0.15) is 0 Å². The van der Waals surface area contributed by atoms with Gasteiger partial charge in [0.2, 0.25) is 0 Å². The van der Waals surface area contributed by atoms with E-state index in [0.29, 0.717) is 5.92 Å². The largest absolute Gasteiger partial charge is 0.389 e. The standard InChI is InChI=1S/C12H14O/c1-9-2-4-10(5-3-9)11-6-7-12(13)8-11/h2-7,11-13H,8H2,1H3/t11-,12-/m0/s1. The maximum Gasteiger partial charge on any atom is 0.0729 e. The number of benzene rings is 1. The van der Waals surface area contributed by atoms with Crippen LogP contribution in [-0.2, 0) is 0 Å². The van der Waals surface area contributed by atoms with Crippen molar-refractivity contribution in [1.82, 2.24) is 0 Å². The molecule has 13 heavy (non-hydrogen) atoms. The van der Waals surface area contributed by atoms with Crippen molar-refractivity contribution in [2.24, 2.45) is 0 Å². The monoisotopic (exact) mass is 174 g/mol. The summed E-state index contributed by atoms with van der Waals surface area (Å²) in [5, 5.41) is 9.33. The predicted molar refractivity (Wildman–Crippen MR) is 53.7 cm³/mol. The van der Waals surface area contributed by atoms with E-state index < -0.39 is 0 Å². The van der Waals surface area contributed by atoms with Crippen molar-refractivity contribution in [3.05, 3.63) is 47.5 Å². The molecule has 2 atom stereocenters. The number of hydrogen-bond acceptors (Lipinski definition) is 1. The van der Waals surface area contributed by atoms with Crippen LogP contribution in [0.5, 0.6) is 0 Å². The Morgan fingerprint density at radius 3 is 2.38 bits per heavy atom. The molecule has 1 heteroatoms. The lowest BCUT2D eigenvalue weighted by Crippen LogP contribution is -2.00. The fraction of sp³-hybridized carbons (Fsp3) is 0.333. The molecule has 0 spiro atoms. The molecule has 0 heterocycles. The van der Waals surface area contributed by atoms with Crippen LogP contribution in [0.1, 0.15) is 23.5 Å². The Hall–Kier alpha value is -1.08. The van der Waals surface area contributed by atoms with Gasteiger partial charge in [0, 0.05) is 5.92 Å². The molecule has 1 aromatic rings. The summed E-state index contributed by atoms with van der Waals surface area (Å²) in [7, 11) is 0. The van der Waals surface area contributed by atoms with Crippen molar-refractivity contribution in [2.45, 2.75) is 25.4 Å². The number of aryl methyl sites for hydroxylation is 1. The first kappa shape index (κ1) is 8.52. The maximum absolute atomic E-state index is 9.33. The normalized spacial score (nSPS) is 26.6. The van der Waals surface area contributed by atoms with Crippen molar-refractivity contribution in [1.29, 1.82) is 0 Å². The summed E-state index contributed by atoms with van der Waals surface area (Å²) in [6.07, 6.45) is 4.56. The SMILES string of the molecule is Cc1ccc([C@H]2C=C[C@H](O)C2)cc1. The fourth-order valence-corrected chi connectivity index (χ4v) is 1.74. The molecule has 1 N–H and O–H groups in total. The van der Waals surface area contributed by atoms with Crippen molar-refractivity contribution >= 4 is 0 Å². The minimum Gasteiger partial charge on any atom is -0.389 e. The summed E-state index contributed by atoms with van der Waals surface area (Å²) in [4.78, 5) is 0. The Morgan fingerprint density at radius 1 is 1.15 bits per heavy atom. The van der Waals surface area contributed by atoms with Gasteiger partial charge in [0.25, 0.3) is 0 Å². The maximum atomic E-state index is 9.33. The number of allylic oxidation sites excluding steroid dienone is 1. The lowest BCUT2D eigenvalue weighted by Gasteiger charge is -2.08. The number of aliphatic hydroxyl groups excluding tert-OH is 1. The van der Waals surface area contributed by atoms with E-state index in [2.05, 4.69) is 37.3 Å². The van der Waals surface area contributed by atoms with Crippen LogP contribution in [0.15, 0.2) is 36.4 Å². The Kier molecular flexibility index (Phi) is 2.19. The van der Waals surface area contributed by atoms with Crippen LogP contribution in [0.2, 0.25) is 0 Å². The number of rotatable bonds is 1. The molecule has 0 fully saturated rings. The second-order valence-corrected chi connectivity index (χ2v) is 3.71. The molecule has 0 unspecified atom stereocenters. The third kappa shape index (κ3) is 1.81. The van der Waals surface area contributed by atoms with E-state index in [1.54, 1.807) is 0 Å². The predicted octanol–water partition coefficient (Wildman–Crippen LogP) is 2.40. The molecule has 68 valence electrons. The van der Waals surface area contributed by atoms with Gasteiger partial charge in [-0.2, -0.15) is 0 Å².